The number of nitrogens with one attached hydrogen (secondary N) is 1. The summed E-state index contributed by atoms with van der Waals surface area (Å²) in [6, 6.07) is 1.92. The average Bonchev–Trinajstić information content (AvgIpc) is 2.61. The zero-order valence-electron chi connectivity index (χ0n) is 9.92. The van der Waals surface area contributed by atoms with Gasteiger partial charge in [0.05, 0.1) is 5.56 Å². The smallest absolute Gasteiger partial charge is 0.250 e. The normalized spacial score (nSPS) is 18.9. The Bertz CT molecular complexity index is 389. The number of nitrogens with zero attached hydrogens (tertiary/aromatic N) is 1. The maximum Gasteiger partial charge on any atom is 0.250 e. The molecule has 2 heterocycles. The van der Waals surface area contributed by atoms with E-state index in [9.17, 15) is 4.79 Å². The maximum atomic E-state index is 11.2. The quantitative estimate of drug-likeness (QED) is 0.789. The van der Waals surface area contributed by atoms with Crippen LogP contribution in [0.3, 0.4) is 0 Å². The number of nitrogens with two attached hydrogens (primary N) is 1. The van der Waals surface area contributed by atoms with Crippen molar-refractivity contribution < 1.29 is 4.79 Å². The predicted molar refractivity (Wildman–Crippen MR) is 63.5 cm³/mol. The van der Waals surface area contributed by atoms with E-state index < -0.39 is 0 Å². The minimum atomic E-state index is -0.340. The van der Waals surface area contributed by atoms with E-state index in [-0.39, 0.29) is 5.91 Å². The number of hydrogen-bond acceptors (Lipinski definition) is 2. The summed E-state index contributed by atoms with van der Waals surface area (Å²) < 4.78 is 0. The number of primary amides is 1. The molecule has 0 saturated carbocycles. The molecule has 0 bridgehead atoms. The van der Waals surface area contributed by atoms with Crippen LogP contribution < -0.4 is 5.73 Å². The van der Waals surface area contributed by atoms with Gasteiger partial charge >= 0.3 is 0 Å². The van der Waals surface area contributed by atoms with Gasteiger partial charge in [0.2, 0.25) is 0 Å². The van der Waals surface area contributed by atoms with Crippen LogP contribution in [0.2, 0.25) is 0 Å². The van der Waals surface area contributed by atoms with Crippen molar-refractivity contribution in [3.63, 3.8) is 0 Å². The molecule has 1 amide bonds. The molecule has 88 valence electrons. The number of likely N-dealkylation sites (tertiary alicyclic amines) is 1. The largest absolute Gasteiger partial charge is 0.366 e. The molecule has 1 aromatic heterocycles. The molecule has 1 aliphatic rings. The Morgan fingerprint density at radius 1 is 1.50 bits per heavy atom. The molecule has 0 spiro atoms. The number of hydrogen-bond donors (Lipinski definition) is 2. The molecular weight excluding hydrogens is 202 g/mol. The van der Waals surface area contributed by atoms with Gasteiger partial charge in [-0.15, -0.1) is 0 Å². The molecule has 2 rings (SSSR count). The fourth-order valence-corrected chi connectivity index (χ4v) is 2.38. The Morgan fingerprint density at radius 2 is 2.12 bits per heavy atom. The van der Waals surface area contributed by atoms with Crippen LogP contribution >= 0.6 is 0 Å². The van der Waals surface area contributed by atoms with E-state index in [1.54, 1.807) is 0 Å². The summed E-state index contributed by atoms with van der Waals surface area (Å²) in [5.74, 6) is 0.205. The van der Waals surface area contributed by atoms with E-state index in [0.29, 0.717) is 11.5 Å². The number of carbonyl (C=O) groups excluding carboxylic acids is 1. The topological polar surface area (TPSA) is 62.1 Å². The molecule has 0 unspecified atom stereocenters. The van der Waals surface area contributed by atoms with E-state index in [1.165, 1.54) is 5.69 Å². The Balaban J connectivity index is 2.15. The van der Waals surface area contributed by atoms with Crippen LogP contribution in [0.5, 0.6) is 0 Å². The number of piperidine rings is 1. The van der Waals surface area contributed by atoms with Crippen molar-refractivity contribution in [2.75, 3.05) is 20.1 Å². The molecule has 4 nitrogen and oxygen atoms in total. The van der Waals surface area contributed by atoms with Crippen molar-refractivity contribution in [1.82, 2.24) is 9.88 Å². The second-order valence-corrected chi connectivity index (χ2v) is 4.71. The Hall–Kier alpha value is -1.29. The zero-order valence-corrected chi connectivity index (χ0v) is 9.92. The second kappa shape index (κ2) is 4.29. The molecule has 16 heavy (non-hydrogen) atoms. The Kier molecular flexibility index (Phi) is 3.01. The van der Waals surface area contributed by atoms with E-state index in [1.807, 2.05) is 13.0 Å². The second-order valence-electron chi connectivity index (χ2n) is 4.71. The van der Waals surface area contributed by atoms with Crippen LogP contribution in [-0.4, -0.2) is 35.9 Å². The van der Waals surface area contributed by atoms with Crippen molar-refractivity contribution >= 4 is 5.91 Å². The van der Waals surface area contributed by atoms with Gasteiger partial charge in [0, 0.05) is 17.3 Å². The third-order valence-electron chi connectivity index (χ3n) is 3.46. The molecule has 0 aromatic carbocycles. The summed E-state index contributed by atoms with van der Waals surface area (Å²) >= 11 is 0. The van der Waals surface area contributed by atoms with Crippen LogP contribution in [0.25, 0.3) is 0 Å². The summed E-state index contributed by atoms with van der Waals surface area (Å²) in [5.41, 5.74) is 8.00. The lowest BCUT2D eigenvalue weighted by Crippen LogP contribution is -2.29. The van der Waals surface area contributed by atoms with E-state index in [2.05, 4.69) is 16.9 Å². The molecule has 1 saturated heterocycles. The first-order valence-corrected chi connectivity index (χ1v) is 5.75. The number of aromatic amines is 1. The minimum Gasteiger partial charge on any atom is -0.366 e. The SMILES string of the molecule is Cc1[nH]c(C2CCN(C)CC2)cc1C(N)=O. The molecule has 0 atom stereocenters. The third-order valence-corrected chi connectivity index (χ3v) is 3.46. The fraction of sp³-hybridized carbons (Fsp3) is 0.583. The van der Waals surface area contributed by atoms with Gasteiger partial charge in [0.15, 0.2) is 0 Å². The molecule has 0 radical (unpaired) electrons. The molecule has 1 fully saturated rings. The van der Waals surface area contributed by atoms with Gasteiger partial charge in [-0.25, -0.2) is 0 Å². The summed E-state index contributed by atoms with van der Waals surface area (Å²) in [5, 5.41) is 0. The molecule has 3 N–H and O–H groups in total. The maximum absolute atomic E-state index is 11.2. The van der Waals surface area contributed by atoms with E-state index in [4.69, 9.17) is 5.73 Å². The first-order valence-electron chi connectivity index (χ1n) is 5.75. The van der Waals surface area contributed by atoms with Gasteiger partial charge < -0.3 is 15.6 Å². The highest BCUT2D eigenvalue weighted by molar-refractivity contribution is 5.94. The molecular formula is C12H19N3O. The summed E-state index contributed by atoms with van der Waals surface area (Å²) in [6.07, 6.45) is 2.29. The predicted octanol–water partition coefficient (Wildman–Crippen LogP) is 1.23. The van der Waals surface area contributed by atoms with Crippen LogP contribution in [0.1, 0.15) is 40.5 Å². The van der Waals surface area contributed by atoms with Gasteiger partial charge in [-0.05, 0) is 46.0 Å². The van der Waals surface area contributed by atoms with Crippen molar-refractivity contribution in [2.45, 2.75) is 25.7 Å². The standard InChI is InChI=1S/C12H19N3O/c1-8-10(12(13)16)7-11(14-8)9-3-5-15(2)6-4-9/h7,9,14H,3-6H2,1-2H3,(H2,13,16). The average molecular weight is 221 g/mol. The fourth-order valence-electron chi connectivity index (χ4n) is 2.38. The number of aromatic nitrogens is 1. The van der Waals surface area contributed by atoms with Crippen LogP contribution in [0.15, 0.2) is 6.07 Å². The summed E-state index contributed by atoms with van der Waals surface area (Å²) in [4.78, 5) is 16.8. The molecule has 4 heteroatoms. The molecule has 1 aliphatic heterocycles. The van der Waals surface area contributed by atoms with Gasteiger partial charge in [0.1, 0.15) is 0 Å². The van der Waals surface area contributed by atoms with Crippen molar-refractivity contribution in [1.29, 1.82) is 0 Å². The van der Waals surface area contributed by atoms with Gasteiger partial charge in [-0.1, -0.05) is 0 Å². The summed E-state index contributed by atoms with van der Waals surface area (Å²) in [7, 11) is 2.14. The lowest BCUT2D eigenvalue weighted by Gasteiger charge is -2.28. The van der Waals surface area contributed by atoms with Crippen molar-refractivity contribution in [3.8, 4) is 0 Å². The highest BCUT2D eigenvalue weighted by atomic mass is 16.1. The lowest BCUT2D eigenvalue weighted by molar-refractivity contribution is 0.1000. The van der Waals surface area contributed by atoms with Crippen LogP contribution in [-0.2, 0) is 0 Å². The molecule has 1 aromatic rings. The first kappa shape index (κ1) is 11.2. The zero-order chi connectivity index (χ0) is 11.7. The number of H-pyrrole nitrogens is 1. The van der Waals surface area contributed by atoms with E-state index in [0.717, 1.165) is 31.6 Å². The Morgan fingerprint density at radius 3 is 2.62 bits per heavy atom. The lowest BCUT2D eigenvalue weighted by atomic mass is 9.94. The van der Waals surface area contributed by atoms with Crippen molar-refractivity contribution in [3.05, 3.63) is 23.0 Å². The van der Waals surface area contributed by atoms with Crippen LogP contribution in [0, 0.1) is 6.92 Å². The first-order chi connectivity index (χ1) is 7.58. The van der Waals surface area contributed by atoms with Crippen LogP contribution in [0.4, 0.5) is 0 Å². The minimum absolute atomic E-state index is 0.340. The number of carbonyl (C=O) groups is 1. The number of aryl methyl sites for hydroxylation is 1. The van der Waals surface area contributed by atoms with Crippen molar-refractivity contribution in [2.24, 2.45) is 5.73 Å². The monoisotopic (exact) mass is 221 g/mol. The summed E-state index contributed by atoms with van der Waals surface area (Å²) in [6.45, 7) is 4.14. The van der Waals surface area contributed by atoms with Gasteiger partial charge in [-0.2, -0.15) is 0 Å². The van der Waals surface area contributed by atoms with Gasteiger partial charge in [-0.3, -0.25) is 4.79 Å². The highest BCUT2D eigenvalue weighted by Crippen LogP contribution is 2.28. The highest BCUT2D eigenvalue weighted by Gasteiger charge is 2.21. The Labute approximate surface area is 95.8 Å². The number of rotatable bonds is 2. The van der Waals surface area contributed by atoms with Gasteiger partial charge in [0.25, 0.3) is 5.91 Å². The molecule has 0 aliphatic carbocycles. The van der Waals surface area contributed by atoms with E-state index >= 15 is 0 Å². The number of amides is 1. The third kappa shape index (κ3) is 2.11.